The summed E-state index contributed by atoms with van der Waals surface area (Å²) >= 11 is 0. The summed E-state index contributed by atoms with van der Waals surface area (Å²) in [6.45, 7) is 8.66. The first-order chi connectivity index (χ1) is 16.5. The highest BCUT2D eigenvalue weighted by Gasteiger charge is 2.31. The Morgan fingerprint density at radius 3 is 2.62 bits per heavy atom. The highest BCUT2D eigenvalue weighted by atomic mass is 16.5. The Hall–Kier alpha value is -2.83. The van der Waals surface area contributed by atoms with Crippen LogP contribution in [0.15, 0.2) is 60.9 Å². The molecule has 34 heavy (non-hydrogen) atoms. The first-order valence-corrected chi connectivity index (χ1v) is 12.3. The maximum Gasteiger partial charge on any atom is 0.119 e. The number of ether oxygens (including phenoxy) is 2. The van der Waals surface area contributed by atoms with Crippen molar-refractivity contribution in [1.82, 2.24) is 14.7 Å². The van der Waals surface area contributed by atoms with Gasteiger partial charge in [0.1, 0.15) is 18.1 Å². The number of aryl methyl sites for hydroxylation is 3. The molecule has 0 saturated carbocycles. The second-order valence-electron chi connectivity index (χ2n) is 9.59. The van der Waals surface area contributed by atoms with Crippen molar-refractivity contribution in [3.05, 3.63) is 77.6 Å². The van der Waals surface area contributed by atoms with Gasteiger partial charge in [0.2, 0.25) is 0 Å². The first kappa shape index (κ1) is 24.3. The smallest absolute Gasteiger partial charge is 0.119 e. The molecule has 182 valence electrons. The molecule has 0 bridgehead atoms. The second kappa shape index (κ2) is 11.5. The molecule has 0 unspecified atom stereocenters. The van der Waals surface area contributed by atoms with E-state index in [1.165, 1.54) is 16.7 Å². The van der Waals surface area contributed by atoms with Crippen LogP contribution in [-0.4, -0.2) is 51.7 Å². The number of hydrogen-bond acceptors (Lipinski definition) is 5. The van der Waals surface area contributed by atoms with Crippen LogP contribution in [0.1, 0.15) is 42.4 Å². The summed E-state index contributed by atoms with van der Waals surface area (Å²) in [7, 11) is 0. The minimum absolute atomic E-state index is 0.339. The van der Waals surface area contributed by atoms with E-state index in [1.807, 2.05) is 41.2 Å². The number of aliphatic hydroxyl groups is 1. The molecule has 6 nitrogen and oxygen atoms in total. The van der Waals surface area contributed by atoms with E-state index in [1.54, 1.807) is 0 Å². The molecular formula is C28H37N3O3. The summed E-state index contributed by atoms with van der Waals surface area (Å²) in [4.78, 5) is 2.42. The number of hydrogen-bond donors (Lipinski definition) is 1. The van der Waals surface area contributed by atoms with Crippen LogP contribution in [-0.2, 0) is 13.1 Å². The Balaban J connectivity index is 1.22. The van der Waals surface area contributed by atoms with Gasteiger partial charge in [-0.25, -0.2) is 0 Å². The zero-order chi connectivity index (χ0) is 23.8. The van der Waals surface area contributed by atoms with Crippen molar-refractivity contribution in [2.24, 2.45) is 0 Å². The lowest BCUT2D eigenvalue weighted by atomic mass is 9.96. The molecule has 4 rings (SSSR count). The average Bonchev–Trinajstić information content (AvgIpc) is 3.16. The van der Waals surface area contributed by atoms with E-state index in [9.17, 15) is 5.11 Å². The zero-order valence-corrected chi connectivity index (χ0v) is 20.4. The molecule has 1 fully saturated rings. The zero-order valence-electron chi connectivity index (χ0n) is 20.4. The van der Waals surface area contributed by atoms with E-state index < -0.39 is 5.60 Å². The van der Waals surface area contributed by atoms with Gasteiger partial charge in [-0.05, 0) is 75.0 Å². The van der Waals surface area contributed by atoms with E-state index in [4.69, 9.17) is 9.47 Å². The third-order valence-corrected chi connectivity index (χ3v) is 6.41. The third kappa shape index (κ3) is 7.34. The quantitative estimate of drug-likeness (QED) is 0.439. The van der Waals surface area contributed by atoms with Crippen LogP contribution < -0.4 is 9.47 Å². The SMILES string of the molecule is Cc1ccc(OC[C@]2(O)CCCN(Cc3cccc(OCCCn4cc(C)cn4)c3)CC2)cc1. The van der Waals surface area contributed by atoms with E-state index in [0.29, 0.717) is 19.6 Å². The summed E-state index contributed by atoms with van der Waals surface area (Å²) in [5.41, 5.74) is 2.84. The van der Waals surface area contributed by atoms with E-state index in [-0.39, 0.29) is 0 Å². The molecule has 0 aliphatic carbocycles. The van der Waals surface area contributed by atoms with Crippen molar-refractivity contribution < 1.29 is 14.6 Å². The summed E-state index contributed by atoms with van der Waals surface area (Å²) in [5.74, 6) is 1.73. The average molecular weight is 464 g/mol. The van der Waals surface area contributed by atoms with Gasteiger partial charge in [-0.3, -0.25) is 9.58 Å². The predicted octanol–water partition coefficient (Wildman–Crippen LogP) is 4.77. The Bertz CT molecular complexity index is 1030. The Morgan fingerprint density at radius 1 is 0.971 bits per heavy atom. The fraction of sp³-hybridized carbons (Fsp3) is 0.464. The minimum Gasteiger partial charge on any atom is -0.494 e. The van der Waals surface area contributed by atoms with Crippen LogP contribution in [0.3, 0.4) is 0 Å². The van der Waals surface area contributed by atoms with Crippen molar-refractivity contribution in [2.75, 3.05) is 26.3 Å². The number of rotatable bonds is 10. The molecular weight excluding hydrogens is 426 g/mol. The summed E-state index contributed by atoms with van der Waals surface area (Å²) in [6, 6.07) is 16.4. The van der Waals surface area contributed by atoms with E-state index >= 15 is 0 Å². The van der Waals surface area contributed by atoms with Gasteiger partial charge in [0, 0.05) is 32.3 Å². The predicted molar refractivity (Wildman–Crippen MR) is 134 cm³/mol. The standard InChI is InChI=1S/C28H37N3O3/c1-23-8-10-26(11-9-23)34-22-28(32)12-4-14-30(16-13-28)21-25-6-3-7-27(18-25)33-17-5-15-31-20-24(2)19-29-31/h3,6-11,18-20,32H,4-5,12-17,21-22H2,1-2H3/t28-/m0/s1. The van der Waals surface area contributed by atoms with Gasteiger partial charge < -0.3 is 14.6 Å². The van der Waals surface area contributed by atoms with Crippen molar-refractivity contribution in [3.8, 4) is 11.5 Å². The molecule has 3 aromatic rings. The largest absolute Gasteiger partial charge is 0.494 e. The van der Waals surface area contributed by atoms with E-state index in [2.05, 4.69) is 48.2 Å². The van der Waals surface area contributed by atoms with Gasteiger partial charge in [-0.15, -0.1) is 0 Å². The number of benzene rings is 2. The lowest BCUT2D eigenvalue weighted by Crippen LogP contribution is -2.37. The maximum absolute atomic E-state index is 11.1. The van der Waals surface area contributed by atoms with Gasteiger partial charge in [-0.1, -0.05) is 29.8 Å². The van der Waals surface area contributed by atoms with Gasteiger partial charge >= 0.3 is 0 Å². The fourth-order valence-corrected chi connectivity index (χ4v) is 4.39. The second-order valence-corrected chi connectivity index (χ2v) is 9.59. The van der Waals surface area contributed by atoms with Crippen molar-refractivity contribution in [2.45, 2.75) is 58.2 Å². The van der Waals surface area contributed by atoms with Crippen LogP contribution in [0.25, 0.3) is 0 Å². The Kier molecular flexibility index (Phi) is 8.25. The molecule has 1 atom stereocenters. The molecule has 2 aromatic carbocycles. The first-order valence-electron chi connectivity index (χ1n) is 12.3. The van der Waals surface area contributed by atoms with Crippen LogP contribution in [0.2, 0.25) is 0 Å². The maximum atomic E-state index is 11.1. The number of nitrogens with zero attached hydrogens (tertiary/aromatic N) is 3. The van der Waals surface area contributed by atoms with Crippen molar-refractivity contribution >= 4 is 0 Å². The van der Waals surface area contributed by atoms with Crippen LogP contribution >= 0.6 is 0 Å². The molecule has 0 amide bonds. The van der Waals surface area contributed by atoms with Gasteiger partial charge in [0.15, 0.2) is 0 Å². The van der Waals surface area contributed by atoms with Gasteiger partial charge in [0.05, 0.1) is 18.4 Å². The van der Waals surface area contributed by atoms with Crippen LogP contribution in [0.5, 0.6) is 11.5 Å². The molecule has 1 aromatic heterocycles. The normalized spacial score (nSPS) is 19.0. The molecule has 1 saturated heterocycles. The minimum atomic E-state index is -0.780. The van der Waals surface area contributed by atoms with Crippen LogP contribution in [0, 0.1) is 13.8 Å². The fourth-order valence-electron chi connectivity index (χ4n) is 4.39. The number of aromatic nitrogens is 2. The Labute approximate surface area is 203 Å². The van der Waals surface area contributed by atoms with Crippen LogP contribution in [0.4, 0.5) is 0 Å². The topological polar surface area (TPSA) is 59.8 Å². The monoisotopic (exact) mass is 463 g/mol. The van der Waals surface area contributed by atoms with Crippen molar-refractivity contribution in [1.29, 1.82) is 0 Å². The number of likely N-dealkylation sites (tertiary alicyclic amines) is 1. The molecule has 0 radical (unpaired) electrons. The molecule has 1 N–H and O–H groups in total. The third-order valence-electron chi connectivity index (χ3n) is 6.41. The highest BCUT2D eigenvalue weighted by molar-refractivity contribution is 5.28. The van der Waals surface area contributed by atoms with Gasteiger partial charge in [-0.2, -0.15) is 5.10 Å². The highest BCUT2D eigenvalue weighted by Crippen LogP contribution is 2.25. The van der Waals surface area contributed by atoms with Gasteiger partial charge in [0.25, 0.3) is 0 Å². The Morgan fingerprint density at radius 2 is 1.82 bits per heavy atom. The summed E-state index contributed by atoms with van der Waals surface area (Å²) in [5, 5.41) is 15.4. The molecule has 1 aliphatic rings. The molecule has 0 spiro atoms. The summed E-state index contributed by atoms with van der Waals surface area (Å²) < 4.78 is 13.9. The van der Waals surface area contributed by atoms with Crippen molar-refractivity contribution in [3.63, 3.8) is 0 Å². The summed E-state index contributed by atoms with van der Waals surface area (Å²) in [6.07, 6.45) is 7.27. The molecule has 6 heteroatoms. The lowest BCUT2D eigenvalue weighted by molar-refractivity contribution is -0.0168. The molecule has 1 aliphatic heterocycles. The van der Waals surface area contributed by atoms with E-state index in [0.717, 1.165) is 56.9 Å². The molecule has 2 heterocycles. The lowest BCUT2D eigenvalue weighted by Gasteiger charge is -2.27.